The van der Waals surface area contributed by atoms with Gasteiger partial charge in [-0.2, -0.15) is 0 Å². The van der Waals surface area contributed by atoms with E-state index >= 15 is 0 Å². The van der Waals surface area contributed by atoms with Gasteiger partial charge in [0.25, 0.3) is 5.91 Å². The summed E-state index contributed by atoms with van der Waals surface area (Å²) >= 11 is 0. The fourth-order valence-electron chi connectivity index (χ4n) is 5.42. The van der Waals surface area contributed by atoms with Crippen molar-refractivity contribution < 1.29 is 4.79 Å². The number of nitrogens with zero attached hydrogens (tertiary/aromatic N) is 2. The second-order valence-corrected chi connectivity index (χ2v) is 8.28. The van der Waals surface area contributed by atoms with Crippen molar-refractivity contribution in [1.82, 2.24) is 15.1 Å². The fourth-order valence-corrected chi connectivity index (χ4v) is 5.42. The molecule has 1 N–H and O–H groups in total. The molecule has 5 atom stereocenters. The van der Waals surface area contributed by atoms with E-state index < -0.39 is 0 Å². The Hall–Kier alpha value is -1.39. The first-order valence-electron chi connectivity index (χ1n) is 9.58. The van der Waals surface area contributed by atoms with Gasteiger partial charge in [0, 0.05) is 37.8 Å². The molecule has 128 valence electrons. The normalized spacial score (nSPS) is 38.0. The Bertz CT molecular complexity index is 609. The lowest BCUT2D eigenvalue weighted by Crippen LogP contribution is -2.45. The average Bonchev–Trinajstić information content (AvgIpc) is 3.17. The molecule has 5 aliphatic rings. The first-order valence-corrected chi connectivity index (χ1v) is 9.58. The first kappa shape index (κ1) is 14.9. The monoisotopic (exact) mass is 325 g/mol. The predicted octanol–water partition coefficient (Wildman–Crippen LogP) is 1.69. The minimum absolute atomic E-state index is 0.224. The van der Waals surface area contributed by atoms with Crippen molar-refractivity contribution in [1.29, 1.82) is 0 Å². The van der Waals surface area contributed by atoms with Gasteiger partial charge < -0.3 is 10.2 Å². The van der Waals surface area contributed by atoms with Gasteiger partial charge in [-0.15, -0.1) is 0 Å². The van der Waals surface area contributed by atoms with Gasteiger partial charge >= 0.3 is 0 Å². The molecule has 4 aliphatic heterocycles. The molecule has 4 nitrogen and oxygen atoms in total. The SMILES string of the molecule is O=C(c1ccccc1)N1C[C@@H]2CC[C@H](C1)N(CC1[C@H]3CNC[C@@H]13)C2. The van der Waals surface area contributed by atoms with Crippen LogP contribution < -0.4 is 5.32 Å². The average molecular weight is 325 g/mol. The Kier molecular flexibility index (Phi) is 3.64. The lowest BCUT2D eigenvalue weighted by Gasteiger charge is -2.36. The molecule has 4 saturated heterocycles. The van der Waals surface area contributed by atoms with Crippen molar-refractivity contribution in [3.63, 3.8) is 0 Å². The molecule has 0 aromatic heterocycles. The molecule has 1 unspecified atom stereocenters. The molecule has 1 aromatic rings. The molecule has 6 rings (SSSR count). The summed E-state index contributed by atoms with van der Waals surface area (Å²) in [5.74, 6) is 3.68. The van der Waals surface area contributed by atoms with Crippen LogP contribution in [0.15, 0.2) is 30.3 Å². The Morgan fingerprint density at radius 1 is 1.04 bits per heavy atom. The van der Waals surface area contributed by atoms with Crippen LogP contribution in [0.5, 0.6) is 0 Å². The van der Waals surface area contributed by atoms with Gasteiger partial charge in [-0.1, -0.05) is 18.2 Å². The maximum absolute atomic E-state index is 12.9. The highest BCUT2D eigenvalue weighted by molar-refractivity contribution is 5.94. The van der Waals surface area contributed by atoms with Gasteiger partial charge in [0.15, 0.2) is 0 Å². The number of hydrogen-bond acceptors (Lipinski definition) is 3. The number of carbonyl (C=O) groups is 1. The van der Waals surface area contributed by atoms with Crippen molar-refractivity contribution in [3.05, 3.63) is 35.9 Å². The molecule has 24 heavy (non-hydrogen) atoms. The minimum atomic E-state index is 0.224. The van der Waals surface area contributed by atoms with Crippen molar-refractivity contribution in [3.8, 4) is 0 Å². The van der Waals surface area contributed by atoms with Crippen LogP contribution in [0.3, 0.4) is 0 Å². The van der Waals surface area contributed by atoms with Crippen LogP contribution in [0.2, 0.25) is 0 Å². The van der Waals surface area contributed by atoms with Gasteiger partial charge in [-0.05, 0) is 61.7 Å². The smallest absolute Gasteiger partial charge is 0.253 e. The highest BCUT2D eigenvalue weighted by atomic mass is 16.2. The molecule has 4 heteroatoms. The highest BCUT2D eigenvalue weighted by Crippen LogP contribution is 2.49. The van der Waals surface area contributed by atoms with Crippen LogP contribution in [0, 0.1) is 23.7 Å². The number of nitrogens with one attached hydrogen (secondary N) is 1. The summed E-state index contributed by atoms with van der Waals surface area (Å²) in [5.41, 5.74) is 0.841. The third kappa shape index (κ3) is 2.56. The van der Waals surface area contributed by atoms with Crippen molar-refractivity contribution >= 4 is 5.91 Å². The third-order valence-electron chi connectivity index (χ3n) is 6.85. The standard InChI is InChI=1S/C20H27N3O/c24-20(15-4-2-1-3-5-15)23-11-14-6-7-16(12-23)22(10-14)13-19-17-8-21-9-18(17)19/h1-5,14,16-19,21H,6-13H2/t14-,16-,17-,18+,19?/m1/s1. The summed E-state index contributed by atoms with van der Waals surface area (Å²) in [6.07, 6.45) is 2.56. The van der Waals surface area contributed by atoms with Crippen LogP contribution in [0.25, 0.3) is 0 Å². The van der Waals surface area contributed by atoms with E-state index in [4.69, 9.17) is 0 Å². The van der Waals surface area contributed by atoms with Gasteiger partial charge in [0.05, 0.1) is 0 Å². The lowest BCUT2D eigenvalue weighted by molar-refractivity contribution is 0.0735. The molecule has 1 aliphatic carbocycles. The van der Waals surface area contributed by atoms with E-state index in [1.165, 1.54) is 39.0 Å². The zero-order chi connectivity index (χ0) is 16.1. The summed E-state index contributed by atoms with van der Waals surface area (Å²) < 4.78 is 0. The summed E-state index contributed by atoms with van der Waals surface area (Å²) in [6, 6.07) is 10.4. The molecule has 1 aromatic carbocycles. The second kappa shape index (κ2) is 5.85. The van der Waals surface area contributed by atoms with Crippen LogP contribution in [0.4, 0.5) is 0 Å². The zero-order valence-corrected chi connectivity index (χ0v) is 14.2. The van der Waals surface area contributed by atoms with Gasteiger partial charge in [-0.25, -0.2) is 0 Å². The van der Waals surface area contributed by atoms with E-state index in [0.717, 1.165) is 36.4 Å². The Balaban J connectivity index is 1.28. The lowest BCUT2D eigenvalue weighted by atomic mass is 9.94. The summed E-state index contributed by atoms with van der Waals surface area (Å²) in [7, 11) is 0. The van der Waals surface area contributed by atoms with Gasteiger partial charge in [0.1, 0.15) is 0 Å². The van der Waals surface area contributed by atoms with Crippen molar-refractivity contribution in [2.75, 3.05) is 39.3 Å². The molecule has 5 fully saturated rings. The number of hydrogen-bond donors (Lipinski definition) is 1. The molecule has 1 amide bonds. The number of fused-ring (bicyclic) bond motifs is 5. The summed E-state index contributed by atoms with van der Waals surface area (Å²) in [4.78, 5) is 17.7. The van der Waals surface area contributed by atoms with Crippen LogP contribution in [-0.4, -0.2) is 61.0 Å². The van der Waals surface area contributed by atoms with Crippen LogP contribution in [0.1, 0.15) is 23.2 Å². The second-order valence-electron chi connectivity index (χ2n) is 8.28. The van der Waals surface area contributed by atoms with Crippen molar-refractivity contribution in [2.45, 2.75) is 18.9 Å². The topological polar surface area (TPSA) is 35.6 Å². The van der Waals surface area contributed by atoms with E-state index in [1.54, 1.807) is 0 Å². The molecular formula is C20H27N3O. The minimum Gasteiger partial charge on any atom is -0.337 e. The van der Waals surface area contributed by atoms with E-state index in [0.29, 0.717) is 12.0 Å². The summed E-state index contributed by atoms with van der Waals surface area (Å²) in [5, 5.41) is 3.50. The van der Waals surface area contributed by atoms with E-state index in [-0.39, 0.29) is 5.91 Å². The number of benzene rings is 1. The number of rotatable bonds is 3. The predicted molar refractivity (Wildman–Crippen MR) is 93.8 cm³/mol. The van der Waals surface area contributed by atoms with Crippen LogP contribution in [-0.2, 0) is 0 Å². The summed E-state index contributed by atoms with van der Waals surface area (Å²) in [6.45, 7) is 6.80. The Labute approximate surface area is 144 Å². The maximum Gasteiger partial charge on any atom is 0.253 e. The molecule has 4 heterocycles. The largest absolute Gasteiger partial charge is 0.337 e. The number of piperidine rings is 2. The molecule has 2 bridgehead atoms. The van der Waals surface area contributed by atoms with E-state index in [1.807, 2.05) is 30.3 Å². The van der Waals surface area contributed by atoms with E-state index in [9.17, 15) is 4.79 Å². The van der Waals surface area contributed by atoms with Gasteiger partial charge in [-0.3, -0.25) is 9.69 Å². The Morgan fingerprint density at radius 3 is 2.62 bits per heavy atom. The Morgan fingerprint density at radius 2 is 1.83 bits per heavy atom. The number of carbonyl (C=O) groups excluding carboxylic acids is 1. The van der Waals surface area contributed by atoms with Gasteiger partial charge in [0.2, 0.25) is 0 Å². The maximum atomic E-state index is 12.9. The highest BCUT2D eigenvalue weighted by Gasteiger charge is 2.53. The number of amides is 1. The van der Waals surface area contributed by atoms with Crippen molar-refractivity contribution in [2.24, 2.45) is 23.7 Å². The van der Waals surface area contributed by atoms with Crippen LogP contribution >= 0.6 is 0 Å². The molecule has 0 spiro atoms. The van der Waals surface area contributed by atoms with E-state index in [2.05, 4.69) is 15.1 Å². The fraction of sp³-hybridized carbons (Fsp3) is 0.650. The third-order valence-corrected chi connectivity index (χ3v) is 6.85. The molecular weight excluding hydrogens is 298 g/mol. The molecule has 0 radical (unpaired) electrons. The first-order chi connectivity index (χ1) is 11.8. The molecule has 1 saturated carbocycles. The quantitative estimate of drug-likeness (QED) is 0.919. The zero-order valence-electron chi connectivity index (χ0n) is 14.2.